The molecule has 3 aromatic heterocycles. The molecule has 7 heteroatoms. The number of hydrogen-bond acceptors (Lipinski definition) is 4. The summed E-state index contributed by atoms with van der Waals surface area (Å²) in [5.74, 6) is -0.0783. The van der Waals surface area contributed by atoms with Crippen LogP contribution in [0, 0.1) is 6.92 Å². The minimum Gasteiger partial charge on any atom is -0.347 e. The molecule has 0 saturated carbocycles. The molecular weight excluding hydrogens is 380 g/mol. The second-order valence-corrected chi connectivity index (χ2v) is 7.70. The topological polar surface area (TPSA) is 59.8 Å². The first-order valence-electron chi connectivity index (χ1n) is 8.48. The fourth-order valence-corrected chi connectivity index (χ4v) is 4.07. The lowest BCUT2D eigenvalue weighted by Gasteiger charge is -2.04. The summed E-state index contributed by atoms with van der Waals surface area (Å²) in [4.78, 5) is 18.2. The van der Waals surface area contributed by atoms with Crippen LogP contribution < -0.4 is 5.32 Å². The van der Waals surface area contributed by atoms with Crippen molar-refractivity contribution < 1.29 is 4.79 Å². The highest BCUT2D eigenvalue weighted by Gasteiger charge is 2.16. The zero-order valence-electron chi connectivity index (χ0n) is 14.6. The monoisotopic (exact) mass is 396 g/mol. The zero-order chi connectivity index (χ0) is 18.8. The van der Waals surface area contributed by atoms with Crippen LogP contribution in [0.4, 0.5) is 0 Å². The Labute approximate surface area is 165 Å². The fraction of sp³-hybridized carbons (Fsp3) is 0.150. The van der Waals surface area contributed by atoms with Gasteiger partial charge in [0.15, 0.2) is 0 Å². The number of amides is 1. The Bertz CT molecular complexity index is 1090. The number of nitrogens with zero attached hydrogens (tertiary/aromatic N) is 3. The molecule has 0 saturated heterocycles. The van der Waals surface area contributed by atoms with Gasteiger partial charge in [-0.05, 0) is 48.4 Å². The summed E-state index contributed by atoms with van der Waals surface area (Å²) in [6.07, 6.45) is 3.44. The number of pyridine rings is 1. The summed E-state index contributed by atoms with van der Waals surface area (Å²) in [7, 11) is 0. The summed E-state index contributed by atoms with van der Waals surface area (Å²) in [6.45, 7) is 3.08. The molecule has 0 unspecified atom stereocenters. The average molecular weight is 397 g/mol. The van der Waals surface area contributed by atoms with Gasteiger partial charge in [-0.3, -0.25) is 14.5 Å². The Morgan fingerprint density at radius 1 is 1.15 bits per heavy atom. The normalized spacial score (nSPS) is 11.0. The van der Waals surface area contributed by atoms with Crippen molar-refractivity contribution in [3.05, 3.63) is 81.6 Å². The van der Waals surface area contributed by atoms with Gasteiger partial charge in [-0.15, -0.1) is 11.3 Å². The summed E-state index contributed by atoms with van der Waals surface area (Å²) in [5, 5.41) is 9.31. The van der Waals surface area contributed by atoms with Gasteiger partial charge in [-0.1, -0.05) is 23.7 Å². The maximum absolute atomic E-state index is 12.5. The number of thiophene rings is 1. The smallest absolute Gasteiger partial charge is 0.261 e. The van der Waals surface area contributed by atoms with E-state index in [9.17, 15) is 4.79 Å². The third-order valence-corrected chi connectivity index (χ3v) is 5.68. The van der Waals surface area contributed by atoms with Crippen molar-refractivity contribution >= 4 is 39.1 Å². The average Bonchev–Trinajstić information content (AvgIpc) is 3.24. The zero-order valence-corrected chi connectivity index (χ0v) is 16.2. The molecule has 136 valence electrons. The van der Waals surface area contributed by atoms with Crippen LogP contribution in [0.5, 0.6) is 0 Å². The first kappa shape index (κ1) is 17.7. The van der Waals surface area contributed by atoms with E-state index in [-0.39, 0.29) is 5.91 Å². The highest BCUT2D eigenvalue weighted by atomic mass is 35.5. The van der Waals surface area contributed by atoms with Crippen LogP contribution in [-0.4, -0.2) is 20.7 Å². The van der Waals surface area contributed by atoms with Gasteiger partial charge in [0, 0.05) is 29.3 Å². The van der Waals surface area contributed by atoms with Crippen LogP contribution in [0.3, 0.4) is 0 Å². The van der Waals surface area contributed by atoms with Gasteiger partial charge in [0.2, 0.25) is 0 Å². The summed E-state index contributed by atoms with van der Waals surface area (Å²) < 4.78 is 1.94. The molecule has 4 rings (SSSR count). The Hall–Kier alpha value is -2.70. The molecule has 5 nitrogen and oxygen atoms in total. The molecule has 1 amide bonds. The molecule has 0 radical (unpaired) electrons. The number of aromatic nitrogens is 3. The third kappa shape index (κ3) is 3.86. The van der Waals surface area contributed by atoms with E-state index in [4.69, 9.17) is 11.6 Å². The van der Waals surface area contributed by atoms with Crippen LogP contribution in [0.25, 0.3) is 10.2 Å². The molecule has 4 aromatic rings. The van der Waals surface area contributed by atoms with E-state index < -0.39 is 0 Å². The second kappa shape index (κ2) is 7.50. The fourth-order valence-electron chi connectivity index (χ4n) is 2.86. The van der Waals surface area contributed by atoms with Gasteiger partial charge in [-0.2, -0.15) is 5.10 Å². The van der Waals surface area contributed by atoms with E-state index in [1.807, 2.05) is 54.1 Å². The van der Waals surface area contributed by atoms with Gasteiger partial charge in [-0.25, -0.2) is 0 Å². The molecular formula is C20H17ClN4OS. The lowest BCUT2D eigenvalue weighted by Crippen LogP contribution is -2.21. The molecule has 27 heavy (non-hydrogen) atoms. The van der Waals surface area contributed by atoms with Crippen LogP contribution >= 0.6 is 22.9 Å². The minimum atomic E-state index is -0.0783. The maximum Gasteiger partial charge on any atom is 0.261 e. The number of fused-ring (bicyclic) bond motifs is 1. The number of halogens is 1. The van der Waals surface area contributed by atoms with Crippen LogP contribution in [0.2, 0.25) is 5.02 Å². The molecule has 0 fully saturated rings. The van der Waals surface area contributed by atoms with Crippen molar-refractivity contribution in [2.45, 2.75) is 20.0 Å². The first-order valence-corrected chi connectivity index (χ1v) is 9.68. The lowest BCUT2D eigenvalue weighted by atomic mass is 10.2. The van der Waals surface area contributed by atoms with Crippen molar-refractivity contribution in [3.8, 4) is 0 Å². The number of rotatable bonds is 5. The van der Waals surface area contributed by atoms with Crippen LogP contribution in [0.1, 0.15) is 26.5 Å². The van der Waals surface area contributed by atoms with E-state index in [2.05, 4.69) is 15.4 Å². The maximum atomic E-state index is 12.5. The molecule has 0 aliphatic heterocycles. The SMILES string of the molecule is Cc1nn(Cc2ccc(Cl)cc2)c2sc(C(=O)NCc3ccncc3)cc12. The van der Waals surface area contributed by atoms with Gasteiger partial charge < -0.3 is 5.32 Å². The van der Waals surface area contributed by atoms with Crippen molar-refractivity contribution in [2.75, 3.05) is 0 Å². The van der Waals surface area contributed by atoms with Gasteiger partial charge in [0.05, 0.1) is 17.1 Å². The molecule has 0 spiro atoms. The number of carbonyl (C=O) groups is 1. The number of nitrogens with one attached hydrogen (secondary N) is 1. The highest BCUT2D eigenvalue weighted by molar-refractivity contribution is 7.20. The predicted molar refractivity (Wildman–Crippen MR) is 108 cm³/mol. The van der Waals surface area contributed by atoms with E-state index in [1.54, 1.807) is 12.4 Å². The molecule has 0 aliphatic rings. The van der Waals surface area contributed by atoms with Crippen LogP contribution in [-0.2, 0) is 13.1 Å². The Morgan fingerprint density at radius 3 is 2.63 bits per heavy atom. The molecule has 0 bridgehead atoms. The standard InChI is InChI=1S/C20H17ClN4OS/c1-13-17-10-18(19(26)23-11-14-6-8-22-9-7-14)27-20(17)25(24-13)12-15-2-4-16(21)5-3-15/h2-10H,11-12H2,1H3,(H,23,26). The summed E-state index contributed by atoms with van der Waals surface area (Å²) in [6, 6.07) is 13.4. The van der Waals surface area contributed by atoms with E-state index >= 15 is 0 Å². The predicted octanol–water partition coefficient (Wildman–Crippen LogP) is 4.43. The van der Waals surface area contributed by atoms with Crippen molar-refractivity contribution in [2.24, 2.45) is 0 Å². The third-order valence-electron chi connectivity index (χ3n) is 4.28. The van der Waals surface area contributed by atoms with E-state index in [0.717, 1.165) is 27.0 Å². The second-order valence-electron chi connectivity index (χ2n) is 6.24. The molecule has 0 atom stereocenters. The van der Waals surface area contributed by atoms with Crippen molar-refractivity contribution in [1.29, 1.82) is 0 Å². The summed E-state index contributed by atoms with van der Waals surface area (Å²) >= 11 is 7.42. The van der Waals surface area contributed by atoms with Gasteiger partial charge in [0.25, 0.3) is 5.91 Å². The quantitative estimate of drug-likeness (QED) is 0.542. The highest BCUT2D eigenvalue weighted by Crippen LogP contribution is 2.29. The van der Waals surface area contributed by atoms with Gasteiger partial charge in [0.1, 0.15) is 4.83 Å². The molecule has 3 heterocycles. The number of aryl methyl sites for hydroxylation is 1. The van der Waals surface area contributed by atoms with E-state index in [1.165, 1.54) is 11.3 Å². The largest absolute Gasteiger partial charge is 0.347 e. The Balaban J connectivity index is 1.55. The number of carbonyl (C=O) groups excluding carboxylic acids is 1. The van der Waals surface area contributed by atoms with E-state index in [0.29, 0.717) is 23.0 Å². The number of benzene rings is 1. The first-order chi connectivity index (χ1) is 13.1. The summed E-state index contributed by atoms with van der Waals surface area (Å²) in [5.41, 5.74) is 3.05. The Kier molecular flexibility index (Phi) is 4.92. The number of hydrogen-bond donors (Lipinski definition) is 1. The minimum absolute atomic E-state index is 0.0783. The molecule has 1 aromatic carbocycles. The van der Waals surface area contributed by atoms with Gasteiger partial charge >= 0.3 is 0 Å². The van der Waals surface area contributed by atoms with Crippen molar-refractivity contribution in [1.82, 2.24) is 20.1 Å². The van der Waals surface area contributed by atoms with Crippen molar-refractivity contribution in [3.63, 3.8) is 0 Å². The molecule has 1 N–H and O–H groups in total. The molecule has 0 aliphatic carbocycles. The Morgan fingerprint density at radius 2 is 1.89 bits per heavy atom. The lowest BCUT2D eigenvalue weighted by molar-refractivity contribution is 0.0955. The van der Waals surface area contributed by atoms with Crippen LogP contribution in [0.15, 0.2) is 54.9 Å².